The Balaban J connectivity index is 2.44. The third kappa shape index (κ3) is 3.14. The first-order chi connectivity index (χ1) is 9.63. The lowest BCUT2D eigenvalue weighted by molar-refractivity contribution is -0.387. The summed E-state index contributed by atoms with van der Waals surface area (Å²) in [5.74, 6) is -0.593. The quantitative estimate of drug-likeness (QED) is 0.450. The number of nitrogens with two attached hydrogens (primary N) is 1. The van der Waals surface area contributed by atoms with Crippen molar-refractivity contribution in [3.8, 4) is 0 Å². The zero-order valence-corrected chi connectivity index (χ0v) is 12.4. The molecule has 2 rings (SSSR count). The molecule has 21 heavy (non-hydrogen) atoms. The van der Waals surface area contributed by atoms with Gasteiger partial charge < -0.3 is 5.73 Å². The van der Waals surface area contributed by atoms with Crippen LogP contribution in [0.15, 0.2) is 23.1 Å². The van der Waals surface area contributed by atoms with E-state index in [2.05, 4.69) is 0 Å². The molecular formula is C10H13N3O6S2. The van der Waals surface area contributed by atoms with Crippen molar-refractivity contribution in [3.63, 3.8) is 0 Å². The van der Waals surface area contributed by atoms with Crippen molar-refractivity contribution in [2.24, 2.45) is 0 Å². The smallest absolute Gasteiger partial charge is 0.291 e. The summed E-state index contributed by atoms with van der Waals surface area (Å²) in [6, 6.07) is 3.28. The highest BCUT2D eigenvalue weighted by Gasteiger charge is 2.35. The second kappa shape index (κ2) is 5.24. The Labute approximate surface area is 121 Å². The fraction of sp³-hybridized carbons (Fsp3) is 0.400. The molecule has 9 nitrogen and oxygen atoms in total. The van der Waals surface area contributed by atoms with E-state index in [1.165, 1.54) is 6.07 Å². The maximum atomic E-state index is 12.4. The number of hydrogen-bond donors (Lipinski definition) is 1. The summed E-state index contributed by atoms with van der Waals surface area (Å²) in [4.78, 5) is 9.66. The molecule has 1 aromatic rings. The van der Waals surface area contributed by atoms with Crippen LogP contribution >= 0.6 is 0 Å². The van der Waals surface area contributed by atoms with Crippen molar-refractivity contribution in [2.45, 2.75) is 4.90 Å². The third-order valence-corrected chi connectivity index (χ3v) is 6.66. The van der Waals surface area contributed by atoms with Gasteiger partial charge in [0, 0.05) is 24.8 Å². The molecule has 116 valence electrons. The lowest BCUT2D eigenvalue weighted by Crippen LogP contribution is -2.43. The minimum absolute atomic E-state index is 0.0712. The average Bonchev–Trinajstić information content (AvgIpc) is 2.37. The average molecular weight is 335 g/mol. The highest BCUT2D eigenvalue weighted by molar-refractivity contribution is 7.92. The van der Waals surface area contributed by atoms with E-state index in [4.69, 9.17) is 5.73 Å². The number of nitrogens with zero attached hydrogens (tertiary/aromatic N) is 2. The van der Waals surface area contributed by atoms with Crippen LogP contribution in [0.5, 0.6) is 0 Å². The van der Waals surface area contributed by atoms with Crippen LogP contribution in [0, 0.1) is 10.1 Å². The Kier molecular flexibility index (Phi) is 3.91. The van der Waals surface area contributed by atoms with Crippen molar-refractivity contribution in [1.29, 1.82) is 0 Å². The summed E-state index contributed by atoms with van der Waals surface area (Å²) < 4.78 is 48.4. The van der Waals surface area contributed by atoms with Gasteiger partial charge in [-0.2, -0.15) is 4.31 Å². The van der Waals surface area contributed by atoms with Gasteiger partial charge in [0.05, 0.1) is 16.4 Å². The molecule has 2 N–H and O–H groups in total. The minimum atomic E-state index is -4.13. The summed E-state index contributed by atoms with van der Waals surface area (Å²) in [5, 5.41) is 11.0. The third-order valence-electron chi connectivity index (χ3n) is 3.10. The van der Waals surface area contributed by atoms with Crippen LogP contribution in [-0.2, 0) is 19.9 Å². The number of nitro benzene ring substituents is 1. The summed E-state index contributed by atoms with van der Waals surface area (Å²) in [5.41, 5.74) is 4.88. The summed E-state index contributed by atoms with van der Waals surface area (Å²) >= 11 is 0. The second-order valence-corrected chi connectivity index (χ2v) is 8.75. The normalized spacial score (nSPS) is 19.2. The maximum absolute atomic E-state index is 12.4. The molecule has 1 saturated heterocycles. The largest absolute Gasteiger partial charge is 0.399 e. The molecule has 11 heteroatoms. The number of nitrogen functional groups attached to an aromatic ring is 1. The van der Waals surface area contributed by atoms with Crippen molar-refractivity contribution in [2.75, 3.05) is 30.3 Å². The number of sulfone groups is 1. The number of anilines is 1. The van der Waals surface area contributed by atoms with E-state index in [1.807, 2.05) is 0 Å². The van der Waals surface area contributed by atoms with E-state index < -0.39 is 35.4 Å². The number of nitro groups is 1. The van der Waals surface area contributed by atoms with E-state index in [9.17, 15) is 26.9 Å². The standard InChI is InChI=1S/C10H13N3O6S2/c11-8-1-2-10(9(7-8)13(14)15)21(18,19)12-3-5-20(16,17)6-4-12/h1-2,7H,3-6,11H2. The van der Waals surface area contributed by atoms with Gasteiger partial charge in [0.1, 0.15) is 0 Å². The topological polar surface area (TPSA) is 141 Å². The second-order valence-electron chi connectivity index (χ2n) is 4.54. The fourth-order valence-corrected chi connectivity index (χ4v) is 4.98. The molecule has 0 aliphatic carbocycles. The van der Waals surface area contributed by atoms with Gasteiger partial charge in [-0.15, -0.1) is 0 Å². The monoisotopic (exact) mass is 335 g/mol. The van der Waals surface area contributed by atoms with Gasteiger partial charge in [0.15, 0.2) is 14.7 Å². The number of benzene rings is 1. The van der Waals surface area contributed by atoms with Crippen LogP contribution < -0.4 is 5.73 Å². The Bertz CT molecular complexity index is 773. The van der Waals surface area contributed by atoms with E-state index in [0.717, 1.165) is 16.4 Å². The molecule has 0 saturated carbocycles. The number of rotatable bonds is 3. The van der Waals surface area contributed by atoms with Crippen LogP contribution in [0.3, 0.4) is 0 Å². The van der Waals surface area contributed by atoms with Crippen molar-refractivity contribution >= 4 is 31.2 Å². The van der Waals surface area contributed by atoms with Crippen molar-refractivity contribution in [3.05, 3.63) is 28.3 Å². The predicted octanol–water partition coefficient (Wildman–Crippen LogP) is -0.404. The van der Waals surface area contributed by atoms with Crippen molar-refractivity contribution < 1.29 is 21.8 Å². The highest BCUT2D eigenvalue weighted by atomic mass is 32.2. The predicted molar refractivity (Wildman–Crippen MR) is 74.9 cm³/mol. The van der Waals surface area contributed by atoms with Gasteiger partial charge in [0.2, 0.25) is 10.0 Å². The summed E-state index contributed by atoms with van der Waals surface area (Å²) in [7, 11) is -7.38. The van der Waals surface area contributed by atoms with Gasteiger partial charge in [-0.1, -0.05) is 0 Å². The van der Waals surface area contributed by atoms with Crippen LogP contribution in [0.4, 0.5) is 11.4 Å². The minimum Gasteiger partial charge on any atom is -0.399 e. The molecule has 1 aliphatic heterocycles. The molecule has 0 unspecified atom stereocenters. The summed E-state index contributed by atoms with van der Waals surface area (Å²) in [6.45, 7) is -0.432. The van der Waals surface area contributed by atoms with Crippen LogP contribution in [-0.4, -0.2) is 50.7 Å². The van der Waals surface area contributed by atoms with Gasteiger partial charge in [-0.05, 0) is 12.1 Å². The Morgan fingerprint density at radius 1 is 1.24 bits per heavy atom. The molecule has 1 aromatic carbocycles. The van der Waals surface area contributed by atoms with E-state index in [0.29, 0.717) is 0 Å². The Morgan fingerprint density at radius 3 is 2.33 bits per heavy atom. The number of sulfonamides is 1. The van der Waals surface area contributed by atoms with Gasteiger partial charge in [-0.3, -0.25) is 10.1 Å². The molecule has 0 aromatic heterocycles. The molecule has 0 bridgehead atoms. The molecule has 1 heterocycles. The molecule has 0 radical (unpaired) electrons. The molecule has 1 fully saturated rings. The SMILES string of the molecule is Nc1ccc(S(=O)(=O)N2CCS(=O)(=O)CC2)c([N+](=O)[O-])c1. The number of hydrogen-bond acceptors (Lipinski definition) is 7. The van der Waals surface area contributed by atoms with Crippen molar-refractivity contribution in [1.82, 2.24) is 4.31 Å². The molecule has 0 amide bonds. The Morgan fingerprint density at radius 2 is 1.81 bits per heavy atom. The first kappa shape index (κ1) is 15.7. The van der Waals surface area contributed by atoms with E-state index in [-0.39, 0.29) is 30.3 Å². The fourth-order valence-electron chi connectivity index (χ4n) is 1.97. The Hall–Kier alpha value is -1.72. The van der Waals surface area contributed by atoms with E-state index in [1.54, 1.807) is 0 Å². The molecule has 1 aliphatic rings. The maximum Gasteiger partial charge on any atom is 0.291 e. The van der Waals surface area contributed by atoms with Crippen LogP contribution in [0.2, 0.25) is 0 Å². The van der Waals surface area contributed by atoms with E-state index >= 15 is 0 Å². The zero-order valence-electron chi connectivity index (χ0n) is 10.8. The highest BCUT2D eigenvalue weighted by Crippen LogP contribution is 2.29. The first-order valence-electron chi connectivity index (χ1n) is 5.88. The lowest BCUT2D eigenvalue weighted by Gasteiger charge is -2.25. The van der Waals surface area contributed by atoms with Gasteiger partial charge >= 0.3 is 0 Å². The molecule has 0 spiro atoms. The first-order valence-corrected chi connectivity index (χ1v) is 9.14. The zero-order chi connectivity index (χ0) is 15.8. The van der Waals surface area contributed by atoms with Crippen LogP contribution in [0.1, 0.15) is 0 Å². The lowest BCUT2D eigenvalue weighted by atomic mass is 10.3. The van der Waals surface area contributed by atoms with Gasteiger partial charge in [0.25, 0.3) is 5.69 Å². The molecule has 0 atom stereocenters. The van der Waals surface area contributed by atoms with Crippen LogP contribution in [0.25, 0.3) is 0 Å². The molecular weight excluding hydrogens is 322 g/mol. The summed E-state index contributed by atoms with van der Waals surface area (Å²) in [6.07, 6.45) is 0. The van der Waals surface area contributed by atoms with Gasteiger partial charge in [-0.25, -0.2) is 16.8 Å².